The SMILES string of the molecule is N#Cc1c(CSc2nn(-c3ccc(F)cc3)c(=S)s2)cn2ccccc12. The Bertz CT molecular complexity index is 1180. The van der Waals surface area contributed by atoms with Crippen molar-refractivity contribution in [2.45, 2.75) is 10.1 Å². The summed E-state index contributed by atoms with van der Waals surface area (Å²) < 4.78 is 18.1. The van der Waals surface area contributed by atoms with Gasteiger partial charge in [-0.2, -0.15) is 5.26 Å². The highest BCUT2D eigenvalue weighted by Crippen LogP contribution is 2.29. The fraction of sp³-hybridized carbons (Fsp3) is 0.0556. The fourth-order valence-corrected chi connectivity index (χ4v) is 4.95. The van der Waals surface area contributed by atoms with Crippen LogP contribution in [0.15, 0.2) is 59.2 Å². The molecule has 0 N–H and O–H groups in total. The zero-order valence-electron chi connectivity index (χ0n) is 13.3. The standard InChI is InChI=1S/C18H11FN4S3/c19-13-4-6-14(7-5-13)23-18(24)26-17(21-23)25-11-12-10-22-8-2-1-3-16(22)15(12)9-20/h1-8,10H,11H2. The Hall–Kier alpha value is -2.47. The molecule has 0 bridgehead atoms. The van der Waals surface area contributed by atoms with Crippen LogP contribution >= 0.6 is 35.3 Å². The molecular formula is C18H11FN4S3. The van der Waals surface area contributed by atoms with Crippen molar-refractivity contribution in [2.75, 3.05) is 0 Å². The van der Waals surface area contributed by atoms with Crippen LogP contribution in [0.3, 0.4) is 0 Å². The van der Waals surface area contributed by atoms with Crippen LogP contribution in [0.5, 0.6) is 0 Å². The van der Waals surface area contributed by atoms with Crippen molar-refractivity contribution in [1.29, 1.82) is 5.26 Å². The minimum atomic E-state index is -0.296. The molecule has 0 aliphatic heterocycles. The molecule has 1 aromatic carbocycles. The topological polar surface area (TPSA) is 46.0 Å². The zero-order chi connectivity index (χ0) is 18.1. The molecule has 0 atom stereocenters. The van der Waals surface area contributed by atoms with E-state index < -0.39 is 0 Å². The van der Waals surface area contributed by atoms with Gasteiger partial charge in [-0.05, 0) is 54.2 Å². The van der Waals surface area contributed by atoms with Crippen LogP contribution < -0.4 is 0 Å². The molecule has 0 fully saturated rings. The summed E-state index contributed by atoms with van der Waals surface area (Å²) in [4.78, 5) is 0. The summed E-state index contributed by atoms with van der Waals surface area (Å²) in [7, 11) is 0. The molecule has 128 valence electrons. The van der Waals surface area contributed by atoms with Gasteiger partial charge >= 0.3 is 0 Å². The highest BCUT2D eigenvalue weighted by atomic mass is 32.2. The molecule has 8 heteroatoms. The lowest BCUT2D eigenvalue weighted by atomic mass is 10.2. The third-order valence-corrected chi connectivity index (χ3v) is 6.24. The lowest BCUT2D eigenvalue weighted by molar-refractivity contribution is 0.627. The number of hydrogen-bond acceptors (Lipinski definition) is 5. The summed E-state index contributed by atoms with van der Waals surface area (Å²) >= 11 is 8.31. The van der Waals surface area contributed by atoms with Crippen molar-refractivity contribution in [2.24, 2.45) is 0 Å². The van der Waals surface area contributed by atoms with Gasteiger partial charge in [0.05, 0.1) is 16.8 Å². The molecule has 0 spiro atoms. The van der Waals surface area contributed by atoms with Crippen LogP contribution in [0.2, 0.25) is 0 Å². The van der Waals surface area contributed by atoms with E-state index in [1.54, 1.807) is 16.8 Å². The van der Waals surface area contributed by atoms with E-state index in [1.165, 1.54) is 35.2 Å². The number of nitriles is 1. The molecular weight excluding hydrogens is 387 g/mol. The van der Waals surface area contributed by atoms with E-state index in [-0.39, 0.29) is 5.82 Å². The van der Waals surface area contributed by atoms with Crippen molar-refractivity contribution in [3.05, 3.63) is 75.8 Å². The van der Waals surface area contributed by atoms with Gasteiger partial charge in [-0.15, -0.1) is 5.10 Å². The number of nitrogens with zero attached hydrogens (tertiary/aromatic N) is 4. The first-order chi connectivity index (χ1) is 12.7. The minimum Gasteiger partial charge on any atom is -0.322 e. The molecule has 3 aromatic heterocycles. The molecule has 0 aliphatic carbocycles. The molecule has 0 saturated carbocycles. The quantitative estimate of drug-likeness (QED) is 0.349. The van der Waals surface area contributed by atoms with Crippen molar-refractivity contribution < 1.29 is 4.39 Å². The summed E-state index contributed by atoms with van der Waals surface area (Å²) in [5.41, 5.74) is 3.26. The van der Waals surface area contributed by atoms with E-state index in [2.05, 4.69) is 11.2 Å². The molecule has 4 aromatic rings. The van der Waals surface area contributed by atoms with Crippen LogP contribution in [-0.4, -0.2) is 14.2 Å². The summed E-state index contributed by atoms with van der Waals surface area (Å²) in [6, 6.07) is 14.1. The van der Waals surface area contributed by atoms with E-state index in [1.807, 2.05) is 35.0 Å². The minimum absolute atomic E-state index is 0.296. The highest BCUT2D eigenvalue weighted by molar-refractivity contribution is 8.00. The lowest BCUT2D eigenvalue weighted by Crippen LogP contribution is -1.96. The predicted molar refractivity (Wildman–Crippen MR) is 104 cm³/mol. The summed E-state index contributed by atoms with van der Waals surface area (Å²) in [6.07, 6.45) is 3.90. The Kier molecular flexibility index (Phi) is 4.59. The number of hydrogen-bond donors (Lipinski definition) is 0. The Balaban J connectivity index is 1.60. The van der Waals surface area contributed by atoms with Crippen LogP contribution in [-0.2, 0) is 5.75 Å². The molecule has 4 rings (SSSR count). The normalized spacial score (nSPS) is 10.9. The third-order valence-electron chi connectivity index (χ3n) is 3.83. The third kappa shape index (κ3) is 3.17. The monoisotopic (exact) mass is 398 g/mol. The van der Waals surface area contributed by atoms with Gasteiger partial charge in [0.25, 0.3) is 0 Å². The number of thioether (sulfide) groups is 1. The molecule has 0 saturated heterocycles. The molecule has 0 aliphatic rings. The first-order valence-electron chi connectivity index (χ1n) is 7.63. The van der Waals surface area contributed by atoms with Crippen molar-refractivity contribution >= 4 is 40.8 Å². The largest absolute Gasteiger partial charge is 0.322 e. The van der Waals surface area contributed by atoms with Gasteiger partial charge in [-0.25, -0.2) is 9.07 Å². The van der Waals surface area contributed by atoms with E-state index in [9.17, 15) is 9.65 Å². The highest BCUT2D eigenvalue weighted by Gasteiger charge is 2.12. The van der Waals surface area contributed by atoms with Gasteiger partial charge < -0.3 is 4.40 Å². The molecule has 26 heavy (non-hydrogen) atoms. The van der Waals surface area contributed by atoms with Crippen LogP contribution in [0.4, 0.5) is 4.39 Å². The number of fused-ring (bicyclic) bond motifs is 1. The Labute approximate surface area is 162 Å². The van der Waals surface area contributed by atoms with Crippen LogP contribution in [0.25, 0.3) is 11.2 Å². The number of halogens is 1. The maximum Gasteiger partial charge on any atom is 0.184 e. The molecule has 0 radical (unpaired) electrons. The van der Waals surface area contributed by atoms with Crippen molar-refractivity contribution in [3.8, 4) is 11.8 Å². The van der Waals surface area contributed by atoms with Gasteiger partial charge in [0, 0.05) is 18.1 Å². The van der Waals surface area contributed by atoms with Gasteiger partial charge in [0.2, 0.25) is 0 Å². The number of rotatable bonds is 4. The second-order valence-electron chi connectivity index (χ2n) is 5.45. The predicted octanol–water partition coefficient (Wildman–Crippen LogP) is 5.22. The number of pyridine rings is 1. The summed E-state index contributed by atoms with van der Waals surface area (Å²) in [5, 5.41) is 14.0. The van der Waals surface area contributed by atoms with Gasteiger partial charge in [-0.3, -0.25) is 0 Å². The van der Waals surface area contributed by atoms with Crippen LogP contribution in [0, 0.1) is 21.1 Å². The summed E-state index contributed by atoms with van der Waals surface area (Å²) in [6.45, 7) is 0. The maximum absolute atomic E-state index is 13.1. The first-order valence-corrected chi connectivity index (χ1v) is 9.84. The van der Waals surface area contributed by atoms with Crippen LogP contribution in [0.1, 0.15) is 11.1 Å². The number of aromatic nitrogens is 3. The van der Waals surface area contributed by atoms with Gasteiger partial charge in [-0.1, -0.05) is 29.2 Å². The zero-order valence-corrected chi connectivity index (χ0v) is 15.7. The second-order valence-corrected chi connectivity index (χ2v) is 8.29. The maximum atomic E-state index is 13.1. The average Bonchev–Trinajstić information content (AvgIpc) is 3.20. The van der Waals surface area contributed by atoms with E-state index in [0.717, 1.165) is 21.1 Å². The Morgan fingerprint density at radius 3 is 2.81 bits per heavy atom. The fourth-order valence-electron chi connectivity index (χ4n) is 2.62. The molecule has 3 heterocycles. The van der Waals surface area contributed by atoms with Crippen molar-refractivity contribution in [1.82, 2.24) is 14.2 Å². The van der Waals surface area contributed by atoms with Gasteiger partial charge in [0.1, 0.15) is 11.9 Å². The van der Waals surface area contributed by atoms with Crippen molar-refractivity contribution in [3.63, 3.8) is 0 Å². The molecule has 0 amide bonds. The first kappa shape index (κ1) is 17.0. The molecule has 4 nitrogen and oxygen atoms in total. The average molecular weight is 399 g/mol. The molecule has 0 unspecified atom stereocenters. The van der Waals surface area contributed by atoms with E-state index in [0.29, 0.717) is 15.3 Å². The van der Waals surface area contributed by atoms with Gasteiger partial charge in [0.15, 0.2) is 8.29 Å². The second kappa shape index (κ2) is 7.03. The Morgan fingerprint density at radius 2 is 2.04 bits per heavy atom. The van der Waals surface area contributed by atoms with E-state index >= 15 is 0 Å². The summed E-state index contributed by atoms with van der Waals surface area (Å²) in [5.74, 6) is 0.325. The number of benzene rings is 1. The van der Waals surface area contributed by atoms with E-state index in [4.69, 9.17) is 12.2 Å². The lowest BCUT2D eigenvalue weighted by Gasteiger charge is -2.00. The Morgan fingerprint density at radius 1 is 1.23 bits per heavy atom. The smallest absolute Gasteiger partial charge is 0.184 e.